The molecule has 1 atom stereocenters. The van der Waals surface area contributed by atoms with Crippen LogP contribution < -0.4 is 10.2 Å². The number of aliphatic hydroxyl groups is 1. The minimum absolute atomic E-state index is 0.201. The Hall–Kier alpha value is -1.06. The summed E-state index contributed by atoms with van der Waals surface area (Å²) in [6.45, 7) is 9.52. The van der Waals surface area contributed by atoms with Gasteiger partial charge in [0.1, 0.15) is 0 Å². The Morgan fingerprint density at radius 3 is 2.17 bits per heavy atom. The van der Waals surface area contributed by atoms with E-state index in [1.807, 2.05) is 0 Å². The average molecular weight is 250 g/mol. The van der Waals surface area contributed by atoms with Gasteiger partial charge in [0.05, 0.1) is 6.61 Å². The summed E-state index contributed by atoms with van der Waals surface area (Å²) >= 11 is 0. The molecule has 1 aromatic carbocycles. The Morgan fingerprint density at radius 1 is 1.11 bits per heavy atom. The summed E-state index contributed by atoms with van der Waals surface area (Å²) in [5, 5.41) is 12.5. The van der Waals surface area contributed by atoms with Crippen molar-refractivity contribution in [3.8, 4) is 0 Å². The SMILES string of the molecule is CCC(CO)NCc1ccc(N(CC)CC)cc1. The molecule has 0 saturated carbocycles. The van der Waals surface area contributed by atoms with E-state index in [-0.39, 0.29) is 12.6 Å². The predicted molar refractivity (Wildman–Crippen MR) is 78.0 cm³/mol. The number of hydrogen-bond donors (Lipinski definition) is 2. The first-order valence-electron chi connectivity index (χ1n) is 6.93. The van der Waals surface area contributed by atoms with E-state index in [1.54, 1.807) is 0 Å². The number of anilines is 1. The maximum atomic E-state index is 9.12. The second-order valence-corrected chi connectivity index (χ2v) is 4.51. The molecule has 2 N–H and O–H groups in total. The molecule has 0 bridgehead atoms. The van der Waals surface area contributed by atoms with Gasteiger partial charge in [0.15, 0.2) is 0 Å². The molecule has 0 amide bonds. The first kappa shape index (κ1) is 15.0. The largest absolute Gasteiger partial charge is 0.395 e. The van der Waals surface area contributed by atoms with E-state index in [0.29, 0.717) is 0 Å². The van der Waals surface area contributed by atoms with E-state index in [1.165, 1.54) is 11.3 Å². The number of aliphatic hydroxyl groups excluding tert-OH is 1. The van der Waals surface area contributed by atoms with Crippen LogP contribution in [0.25, 0.3) is 0 Å². The third kappa shape index (κ3) is 4.31. The summed E-state index contributed by atoms with van der Waals surface area (Å²) in [4.78, 5) is 2.33. The molecule has 0 aromatic heterocycles. The van der Waals surface area contributed by atoms with Crippen molar-refractivity contribution in [1.29, 1.82) is 0 Å². The highest BCUT2D eigenvalue weighted by atomic mass is 16.3. The Labute approximate surface area is 111 Å². The lowest BCUT2D eigenvalue weighted by molar-refractivity contribution is 0.238. The van der Waals surface area contributed by atoms with Crippen LogP contribution in [0, 0.1) is 0 Å². The van der Waals surface area contributed by atoms with Crippen molar-refractivity contribution < 1.29 is 5.11 Å². The Balaban J connectivity index is 2.54. The maximum Gasteiger partial charge on any atom is 0.0584 e. The second-order valence-electron chi connectivity index (χ2n) is 4.51. The highest BCUT2D eigenvalue weighted by Crippen LogP contribution is 2.14. The number of hydrogen-bond acceptors (Lipinski definition) is 3. The molecule has 0 radical (unpaired) electrons. The van der Waals surface area contributed by atoms with Gasteiger partial charge in [-0.3, -0.25) is 0 Å². The van der Waals surface area contributed by atoms with E-state index < -0.39 is 0 Å². The molecule has 102 valence electrons. The minimum Gasteiger partial charge on any atom is -0.395 e. The monoisotopic (exact) mass is 250 g/mol. The number of nitrogens with one attached hydrogen (secondary N) is 1. The lowest BCUT2D eigenvalue weighted by Crippen LogP contribution is -2.31. The molecular weight excluding hydrogens is 224 g/mol. The lowest BCUT2D eigenvalue weighted by atomic mass is 10.1. The van der Waals surface area contributed by atoms with Gasteiger partial charge in [-0.05, 0) is 38.0 Å². The van der Waals surface area contributed by atoms with Gasteiger partial charge in [-0.15, -0.1) is 0 Å². The van der Waals surface area contributed by atoms with Gasteiger partial charge in [-0.1, -0.05) is 19.1 Å². The minimum atomic E-state index is 0.201. The summed E-state index contributed by atoms with van der Waals surface area (Å²) in [7, 11) is 0. The molecule has 18 heavy (non-hydrogen) atoms. The second kappa shape index (κ2) is 8.11. The van der Waals surface area contributed by atoms with Crippen molar-refractivity contribution in [2.24, 2.45) is 0 Å². The van der Waals surface area contributed by atoms with E-state index in [2.05, 4.69) is 55.3 Å². The van der Waals surface area contributed by atoms with Gasteiger partial charge >= 0.3 is 0 Å². The van der Waals surface area contributed by atoms with E-state index in [4.69, 9.17) is 5.11 Å². The van der Waals surface area contributed by atoms with Crippen LogP contribution in [-0.4, -0.2) is 30.8 Å². The van der Waals surface area contributed by atoms with Gasteiger partial charge in [0.2, 0.25) is 0 Å². The third-order valence-corrected chi connectivity index (χ3v) is 3.37. The summed E-state index contributed by atoms with van der Waals surface area (Å²) in [5.74, 6) is 0. The van der Waals surface area contributed by atoms with Crippen LogP contribution in [0.15, 0.2) is 24.3 Å². The predicted octanol–water partition coefficient (Wildman–Crippen LogP) is 2.39. The van der Waals surface area contributed by atoms with Gasteiger partial charge in [0, 0.05) is 31.4 Å². The van der Waals surface area contributed by atoms with Crippen LogP contribution in [0.1, 0.15) is 32.8 Å². The molecular formula is C15H26N2O. The molecule has 0 saturated heterocycles. The van der Waals surface area contributed by atoms with Crippen LogP contribution in [0.5, 0.6) is 0 Å². The van der Waals surface area contributed by atoms with Crippen molar-refractivity contribution in [3.05, 3.63) is 29.8 Å². The molecule has 1 rings (SSSR count). The fourth-order valence-electron chi connectivity index (χ4n) is 2.01. The fraction of sp³-hybridized carbons (Fsp3) is 0.600. The summed E-state index contributed by atoms with van der Waals surface area (Å²) in [5.41, 5.74) is 2.54. The standard InChI is InChI=1S/C15H26N2O/c1-4-14(12-18)16-11-13-7-9-15(10-8-13)17(5-2)6-3/h7-10,14,16,18H,4-6,11-12H2,1-3H3. The maximum absolute atomic E-state index is 9.12. The molecule has 0 aliphatic heterocycles. The number of benzene rings is 1. The van der Waals surface area contributed by atoms with Crippen molar-refractivity contribution in [3.63, 3.8) is 0 Å². The quantitative estimate of drug-likeness (QED) is 0.743. The summed E-state index contributed by atoms with van der Waals surface area (Å²) in [6.07, 6.45) is 0.952. The van der Waals surface area contributed by atoms with Crippen molar-refractivity contribution in [2.75, 3.05) is 24.6 Å². The number of rotatable bonds is 8. The van der Waals surface area contributed by atoms with Crippen molar-refractivity contribution in [1.82, 2.24) is 5.32 Å². The normalized spacial score (nSPS) is 12.4. The third-order valence-electron chi connectivity index (χ3n) is 3.37. The van der Waals surface area contributed by atoms with Crippen molar-refractivity contribution in [2.45, 2.75) is 39.8 Å². The summed E-state index contributed by atoms with van der Waals surface area (Å²) in [6, 6.07) is 8.86. The van der Waals surface area contributed by atoms with Crippen LogP contribution in [0.4, 0.5) is 5.69 Å². The first-order valence-corrected chi connectivity index (χ1v) is 6.93. The Morgan fingerprint density at radius 2 is 1.72 bits per heavy atom. The molecule has 3 nitrogen and oxygen atoms in total. The van der Waals surface area contributed by atoms with E-state index in [9.17, 15) is 0 Å². The molecule has 3 heteroatoms. The average Bonchev–Trinajstić information content (AvgIpc) is 2.43. The zero-order valence-electron chi connectivity index (χ0n) is 11.8. The zero-order chi connectivity index (χ0) is 13.4. The van der Waals surface area contributed by atoms with Crippen LogP contribution in [0.2, 0.25) is 0 Å². The summed E-state index contributed by atoms with van der Waals surface area (Å²) < 4.78 is 0. The Kier molecular flexibility index (Phi) is 6.76. The lowest BCUT2D eigenvalue weighted by Gasteiger charge is -2.21. The van der Waals surface area contributed by atoms with Gasteiger partial charge in [0.25, 0.3) is 0 Å². The number of nitrogens with zero attached hydrogens (tertiary/aromatic N) is 1. The fourth-order valence-corrected chi connectivity index (χ4v) is 2.01. The highest BCUT2D eigenvalue weighted by molar-refractivity contribution is 5.47. The molecule has 0 aliphatic carbocycles. The molecule has 0 aliphatic rings. The molecule has 0 spiro atoms. The molecule has 0 fully saturated rings. The van der Waals surface area contributed by atoms with Crippen LogP contribution >= 0.6 is 0 Å². The van der Waals surface area contributed by atoms with E-state index in [0.717, 1.165) is 26.1 Å². The zero-order valence-corrected chi connectivity index (χ0v) is 11.8. The van der Waals surface area contributed by atoms with Gasteiger partial charge in [-0.25, -0.2) is 0 Å². The smallest absolute Gasteiger partial charge is 0.0584 e. The highest BCUT2D eigenvalue weighted by Gasteiger charge is 2.04. The molecule has 0 heterocycles. The van der Waals surface area contributed by atoms with Crippen LogP contribution in [0.3, 0.4) is 0 Å². The van der Waals surface area contributed by atoms with Gasteiger partial charge < -0.3 is 15.3 Å². The van der Waals surface area contributed by atoms with Crippen LogP contribution in [-0.2, 0) is 6.54 Å². The topological polar surface area (TPSA) is 35.5 Å². The molecule has 1 aromatic rings. The Bertz CT molecular complexity index is 316. The van der Waals surface area contributed by atoms with E-state index >= 15 is 0 Å². The molecule has 1 unspecified atom stereocenters. The van der Waals surface area contributed by atoms with Crippen molar-refractivity contribution >= 4 is 5.69 Å². The first-order chi connectivity index (χ1) is 8.74. The van der Waals surface area contributed by atoms with Gasteiger partial charge in [-0.2, -0.15) is 0 Å².